The second-order valence-electron chi connectivity index (χ2n) is 9.81. The van der Waals surface area contributed by atoms with Gasteiger partial charge in [-0.05, 0) is 55.5 Å². The number of urea groups is 1. The zero-order valence-electron chi connectivity index (χ0n) is 20.6. The van der Waals surface area contributed by atoms with Gasteiger partial charge in [-0.25, -0.2) is 19.7 Å². The van der Waals surface area contributed by atoms with E-state index in [9.17, 15) is 9.90 Å². The Bertz CT molecular complexity index is 1400. The van der Waals surface area contributed by atoms with Gasteiger partial charge in [0.05, 0.1) is 32.7 Å². The lowest BCUT2D eigenvalue weighted by molar-refractivity contribution is 0.126. The molecule has 190 valence electrons. The molecule has 8 nitrogen and oxygen atoms in total. The van der Waals surface area contributed by atoms with Crippen molar-refractivity contribution in [1.29, 1.82) is 0 Å². The summed E-state index contributed by atoms with van der Waals surface area (Å²) in [7, 11) is 0. The van der Waals surface area contributed by atoms with Crippen LogP contribution in [0.4, 0.5) is 16.4 Å². The van der Waals surface area contributed by atoms with Crippen molar-refractivity contribution < 1.29 is 9.90 Å². The molecule has 2 aromatic carbocycles. The maximum atomic E-state index is 12.1. The first-order valence-corrected chi connectivity index (χ1v) is 13.7. The lowest BCUT2D eigenvalue weighted by Gasteiger charge is -2.26. The highest BCUT2D eigenvalue weighted by Gasteiger charge is 2.22. The van der Waals surface area contributed by atoms with Gasteiger partial charge in [-0.15, -0.1) is 11.3 Å². The van der Waals surface area contributed by atoms with E-state index in [-0.39, 0.29) is 18.2 Å². The average molecular weight is 515 g/mol. The molecule has 1 saturated heterocycles. The molecule has 1 aliphatic carbocycles. The smallest absolute Gasteiger partial charge is 0.321 e. The van der Waals surface area contributed by atoms with Crippen molar-refractivity contribution in [3.05, 3.63) is 76.6 Å². The first-order chi connectivity index (χ1) is 18.1. The molecule has 3 heterocycles. The van der Waals surface area contributed by atoms with E-state index in [4.69, 9.17) is 15.0 Å². The Morgan fingerprint density at radius 3 is 2.51 bits per heavy atom. The Kier molecular flexibility index (Phi) is 6.72. The molecule has 9 heteroatoms. The number of nitrogens with zero attached hydrogens (tertiary/aromatic N) is 4. The van der Waals surface area contributed by atoms with E-state index in [2.05, 4.69) is 28.8 Å². The molecule has 6 rings (SSSR count). The van der Waals surface area contributed by atoms with Crippen LogP contribution in [0.25, 0.3) is 10.2 Å². The molecule has 37 heavy (non-hydrogen) atoms. The minimum atomic E-state index is -0.196. The quantitative estimate of drug-likeness (QED) is 0.335. The van der Waals surface area contributed by atoms with Crippen LogP contribution in [0.1, 0.15) is 47.6 Å². The van der Waals surface area contributed by atoms with E-state index in [1.807, 2.05) is 36.4 Å². The third-order valence-corrected chi connectivity index (χ3v) is 8.03. The fourth-order valence-corrected chi connectivity index (χ4v) is 6.10. The monoisotopic (exact) mass is 514 g/mol. The van der Waals surface area contributed by atoms with Gasteiger partial charge in [-0.3, -0.25) is 4.90 Å². The number of hydrogen-bond donors (Lipinski definition) is 3. The first-order valence-electron chi connectivity index (χ1n) is 12.9. The Balaban J connectivity index is 1.26. The van der Waals surface area contributed by atoms with Gasteiger partial charge in [0.15, 0.2) is 0 Å². The third-order valence-electron chi connectivity index (χ3n) is 7.01. The van der Waals surface area contributed by atoms with E-state index >= 15 is 0 Å². The number of aliphatic hydroxyl groups is 1. The molecule has 2 fully saturated rings. The second-order valence-corrected chi connectivity index (χ2v) is 10.9. The summed E-state index contributed by atoms with van der Waals surface area (Å²) in [5.74, 6) is 0.647. The van der Waals surface area contributed by atoms with E-state index in [0.29, 0.717) is 25.5 Å². The summed E-state index contributed by atoms with van der Waals surface area (Å²) in [6, 6.07) is 18.6. The van der Waals surface area contributed by atoms with Crippen LogP contribution in [0.3, 0.4) is 0 Å². The summed E-state index contributed by atoms with van der Waals surface area (Å²) >= 11 is 1.64. The van der Waals surface area contributed by atoms with Gasteiger partial charge in [0.1, 0.15) is 0 Å². The normalized spacial score (nSPS) is 19.8. The maximum Gasteiger partial charge on any atom is 0.321 e. The summed E-state index contributed by atoms with van der Waals surface area (Å²) in [5.41, 5.74) is 4.93. The molecule has 3 N–H and O–H groups in total. The zero-order valence-corrected chi connectivity index (χ0v) is 21.4. The molecule has 2 aliphatic rings. The van der Waals surface area contributed by atoms with Gasteiger partial charge in [-0.1, -0.05) is 30.3 Å². The highest BCUT2D eigenvalue weighted by Crippen LogP contribution is 2.29. The zero-order chi connectivity index (χ0) is 25.2. The standard InChI is InChI=1S/C28H30N6O2S/c35-23-9-6-19(7-10-23)30-27-31-20(14-18-4-2-1-3-5-18)15-21(32-27)16-26-33-24-11-8-22(17-25(24)37-26)34-13-12-29-28(34)36/h1-5,8,11,15,17,19,23,35H,6-7,9-10,12-14,16H2,(H,29,36)(H,30,31,32). The number of carbonyl (C=O) groups is 1. The molecule has 0 spiro atoms. The summed E-state index contributed by atoms with van der Waals surface area (Å²) in [6.45, 7) is 1.35. The number of thiazole rings is 1. The van der Waals surface area contributed by atoms with Crippen LogP contribution in [0, 0.1) is 0 Å². The number of carbonyl (C=O) groups excluding carboxylic acids is 1. The maximum absolute atomic E-state index is 12.1. The minimum absolute atomic E-state index is 0.0523. The number of benzene rings is 2. The SMILES string of the molecule is O=C1NCCN1c1ccc2nc(Cc3cc(Cc4ccccc4)nc(NC4CCC(O)CC4)n3)sc2c1. The predicted molar refractivity (Wildman–Crippen MR) is 146 cm³/mol. The number of aromatic nitrogens is 3. The van der Waals surface area contributed by atoms with Gasteiger partial charge in [0.2, 0.25) is 5.95 Å². The Morgan fingerprint density at radius 2 is 1.76 bits per heavy atom. The molecule has 2 aromatic heterocycles. The van der Waals surface area contributed by atoms with Crippen molar-refractivity contribution >= 4 is 39.2 Å². The van der Waals surface area contributed by atoms with Crippen LogP contribution in [0.5, 0.6) is 0 Å². The molecule has 0 radical (unpaired) electrons. The average Bonchev–Trinajstić information content (AvgIpc) is 3.50. The van der Waals surface area contributed by atoms with Crippen molar-refractivity contribution in [1.82, 2.24) is 20.3 Å². The van der Waals surface area contributed by atoms with Gasteiger partial charge in [0, 0.05) is 37.7 Å². The van der Waals surface area contributed by atoms with E-state index in [1.54, 1.807) is 16.2 Å². The van der Waals surface area contributed by atoms with Gasteiger partial charge >= 0.3 is 6.03 Å². The molecule has 4 aromatic rings. The number of aliphatic hydroxyl groups excluding tert-OH is 1. The molecule has 1 saturated carbocycles. The fraction of sp³-hybridized carbons (Fsp3) is 0.357. The first kappa shape index (κ1) is 23.8. The fourth-order valence-electron chi connectivity index (χ4n) is 5.08. The number of hydrogen-bond acceptors (Lipinski definition) is 7. The summed E-state index contributed by atoms with van der Waals surface area (Å²) in [4.78, 5) is 28.4. The number of fused-ring (bicyclic) bond motifs is 1. The van der Waals surface area contributed by atoms with Crippen LogP contribution in [0.15, 0.2) is 54.6 Å². The van der Waals surface area contributed by atoms with Gasteiger partial charge in [-0.2, -0.15) is 0 Å². The summed E-state index contributed by atoms with van der Waals surface area (Å²) in [6.07, 6.45) is 4.59. The van der Waals surface area contributed by atoms with Crippen molar-refractivity contribution in [2.75, 3.05) is 23.3 Å². The highest BCUT2D eigenvalue weighted by atomic mass is 32.1. The Morgan fingerprint density at radius 1 is 0.973 bits per heavy atom. The molecule has 2 amide bonds. The number of rotatable bonds is 7. The number of amides is 2. The molecule has 1 aliphatic heterocycles. The van der Waals surface area contributed by atoms with Crippen LogP contribution in [-0.4, -0.2) is 51.3 Å². The van der Waals surface area contributed by atoms with Crippen molar-refractivity contribution in [3.63, 3.8) is 0 Å². The van der Waals surface area contributed by atoms with Crippen molar-refractivity contribution in [2.24, 2.45) is 0 Å². The van der Waals surface area contributed by atoms with Crippen molar-refractivity contribution in [2.45, 2.75) is 50.7 Å². The molecular formula is C28H30N6O2S. The largest absolute Gasteiger partial charge is 0.393 e. The van der Waals surface area contributed by atoms with Crippen LogP contribution in [-0.2, 0) is 12.8 Å². The predicted octanol–water partition coefficient (Wildman–Crippen LogP) is 4.51. The topological polar surface area (TPSA) is 103 Å². The second kappa shape index (κ2) is 10.4. The number of nitrogens with one attached hydrogen (secondary N) is 2. The van der Waals surface area contributed by atoms with Gasteiger partial charge < -0.3 is 15.7 Å². The van der Waals surface area contributed by atoms with Crippen LogP contribution >= 0.6 is 11.3 Å². The lowest BCUT2D eigenvalue weighted by Crippen LogP contribution is -2.29. The van der Waals surface area contributed by atoms with Gasteiger partial charge in [0.25, 0.3) is 0 Å². The van der Waals surface area contributed by atoms with E-state index in [0.717, 1.165) is 64.4 Å². The minimum Gasteiger partial charge on any atom is -0.393 e. The Labute approximate surface area is 219 Å². The summed E-state index contributed by atoms with van der Waals surface area (Å²) < 4.78 is 1.06. The number of anilines is 2. The Hall–Kier alpha value is -3.56. The molecular weight excluding hydrogens is 484 g/mol. The summed E-state index contributed by atoms with van der Waals surface area (Å²) in [5, 5.41) is 17.2. The van der Waals surface area contributed by atoms with Crippen molar-refractivity contribution in [3.8, 4) is 0 Å². The third kappa shape index (κ3) is 5.57. The molecule has 0 atom stereocenters. The highest BCUT2D eigenvalue weighted by molar-refractivity contribution is 7.18. The molecule has 0 unspecified atom stereocenters. The van der Waals surface area contributed by atoms with Crippen LogP contribution < -0.4 is 15.5 Å². The van der Waals surface area contributed by atoms with E-state index < -0.39 is 0 Å². The van der Waals surface area contributed by atoms with E-state index in [1.165, 1.54) is 5.56 Å². The molecule has 0 bridgehead atoms. The lowest BCUT2D eigenvalue weighted by atomic mass is 9.93. The van der Waals surface area contributed by atoms with Crippen LogP contribution in [0.2, 0.25) is 0 Å².